The minimum Gasteiger partial charge on any atom is -0.394 e. The van der Waals surface area contributed by atoms with Crippen LogP contribution < -0.4 is 10.6 Å². The van der Waals surface area contributed by atoms with E-state index in [1.54, 1.807) is 0 Å². The first-order valence-corrected chi connectivity index (χ1v) is 5.65. The normalized spacial score (nSPS) is 25.3. The first-order valence-electron chi connectivity index (χ1n) is 5.65. The van der Waals surface area contributed by atoms with Crippen molar-refractivity contribution < 1.29 is 5.11 Å². The highest BCUT2D eigenvalue weighted by Crippen LogP contribution is 2.24. The lowest BCUT2D eigenvalue weighted by atomic mass is 10.3. The first kappa shape index (κ1) is 10.7. The Hall–Kier alpha value is -0.810. The summed E-state index contributed by atoms with van der Waals surface area (Å²) in [7, 11) is 2.17. The van der Waals surface area contributed by atoms with E-state index < -0.39 is 0 Å². The van der Waals surface area contributed by atoms with Gasteiger partial charge in [0.2, 0.25) is 0 Å². The Labute approximate surface area is 90.6 Å². The third-order valence-corrected chi connectivity index (χ3v) is 2.96. The van der Waals surface area contributed by atoms with E-state index in [9.17, 15) is 0 Å². The van der Waals surface area contributed by atoms with Crippen LogP contribution in [0.4, 0.5) is 0 Å². The van der Waals surface area contributed by atoms with Gasteiger partial charge in [0.25, 0.3) is 0 Å². The van der Waals surface area contributed by atoms with Crippen LogP contribution in [0.15, 0.2) is 4.99 Å². The van der Waals surface area contributed by atoms with E-state index in [1.165, 1.54) is 12.8 Å². The third kappa shape index (κ3) is 3.07. The van der Waals surface area contributed by atoms with E-state index in [2.05, 4.69) is 27.6 Å². The molecule has 5 nitrogen and oxygen atoms in total. The van der Waals surface area contributed by atoms with Gasteiger partial charge < -0.3 is 20.6 Å². The molecule has 15 heavy (non-hydrogen) atoms. The van der Waals surface area contributed by atoms with Crippen molar-refractivity contribution >= 4 is 5.96 Å². The second-order valence-electron chi connectivity index (χ2n) is 4.35. The molecule has 3 N–H and O–H groups in total. The van der Waals surface area contributed by atoms with Crippen molar-refractivity contribution in [2.45, 2.75) is 24.9 Å². The average Bonchev–Trinajstić information content (AvgIpc) is 2.99. The van der Waals surface area contributed by atoms with Crippen LogP contribution in [0.1, 0.15) is 12.8 Å². The molecule has 1 atom stereocenters. The molecule has 1 aliphatic heterocycles. The minimum absolute atomic E-state index is 0.105. The largest absolute Gasteiger partial charge is 0.394 e. The van der Waals surface area contributed by atoms with E-state index in [1.807, 2.05) is 0 Å². The molecular weight excluding hydrogens is 192 g/mol. The Balaban J connectivity index is 1.58. The summed E-state index contributed by atoms with van der Waals surface area (Å²) in [5.74, 6) is 0.832. The standard InChI is InChI=1S/C10H20N4O/c1-14(9-2-3-9)5-4-11-10-12-6-8(7-15)13-10/h8-9,15H,2-7H2,1H3,(H2,11,12,13)/t8-/m0/s1. The molecule has 0 spiro atoms. The van der Waals surface area contributed by atoms with Gasteiger partial charge in [0, 0.05) is 19.1 Å². The van der Waals surface area contributed by atoms with E-state index in [4.69, 9.17) is 5.11 Å². The zero-order valence-electron chi connectivity index (χ0n) is 9.24. The highest BCUT2D eigenvalue weighted by molar-refractivity contribution is 5.81. The van der Waals surface area contributed by atoms with Crippen LogP contribution in [0.5, 0.6) is 0 Å². The minimum atomic E-state index is 0.105. The number of hydrogen-bond acceptors (Lipinski definition) is 5. The van der Waals surface area contributed by atoms with Gasteiger partial charge in [-0.2, -0.15) is 0 Å². The van der Waals surface area contributed by atoms with Crippen molar-refractivity contribution in [3.05, 3.63) is 0 Å². The maximum atomic E-state index is 8.91. The van der Waals surface area contributed by atoms with Gasteiger partial charge in [-0.3, -0.25) is 4.99 Å². The molecular formula is C10H20N4O. The SMILES string of the molecule is CN(CCNC1=NC[C@@H](CO)N1)C1CC1. The van der Waals surface area contributed by atoms with Crippen molar-refractivity contribution in [2.24, 2.45) is 4.99 Å². The van der Waals surface area contributed by atoms with Crippen molar-refractivity contribution in [1.82, 2.24) is 15.5 Å². The van der Waals surface area contributed by atoms with Gasteiger partial charge in [-0.05, 0) is 19.9 Å². The van der Waals surface area contributed by atoms with Crippen LogP contribution in [0.25, 0.3) is 0 Å². The van der Waals surface area contributed by atoms with Crippen molar-refractivity contribution in [2.75, 3.05) is 33.3 Å². The number of rotatable bonds is 5. The molecule has 0 saturated heterocycles. The van der Waals surface area contributed by atoms with Gasteiger partial charge >= 0.3 is 0 Å². The van der Waals surface area contributed by atoms with Gasteiger partial charge in [-0.1, -0.05) is 0 Å². The molecule has 0 amide bonds. The summed E-state index contributed by atoms with van der Waals surface area (Å²) in [5.41, 5.74) is 0. The zero-order chi connectivity index (χ0) is 10.7. The number of aliphatic hydroxyl groups is 1. The van der Waals surface area contributed by atoms with Crippen LogP contribution in [-0.2, 0) is 0 Å². The van der Waals surface area contributed by atoms with Crippen LogP contribution in [0.2, 0.25) is 0 Å². The molecule has 0 radical (unpaired) electrons. The number of likely N-dealkylation sites (N-methyl/N-ethyl adjacent to an activating group) is 1. The molecule has 0 bridgehead atoms. The fourth-order valence-corrected chi connectivity index (χ4v) is 1.74. The van der Waals surface area contributed by atoms with E-state index in [0.29, 0.717) is 6.54 Å². The molecule has 1 heterocycles. The van der Waals surface area contributed by atoms with Crippen LogP contribution in [-0.4, -0.2) is 61.3 Å². The van der Waals surface area contributed by atoms with E-state index >= 15 is 0 Å². The van der Waals surface area contributed by atoms with Gasteiger partial charge in [-0.15, -0.1) is 0 Å². The van der Waals surface area contributed by atoms with E-state index in [0.717, 1.165) is 25.1 Å². The van der Waals surface area contributed by atoms with Crippen molar-refractivity contribution in [1.29, 1.82) is 0 Å². The highest BCUT2D eigenvalue weighted by atomic mass is 16.3. The van der Waals surface area contributed by atoms with Crippen molar-refractivity contribution in [3.8, 4) is 0 Å². The van der Waals surface area contributed by atoms with Gasteiger partial charge in [0.1, 0.15) is 0 Å². The Morgan fingerprint density at radius 3 is 3.00 bits per heavy atom. The molecule has 1 saturated carbocycles. The summed E-state index contributed by atoms with van der Waals surface area (Å²) in [5, 5.41) is 15.3. The summed E-state index contributed by atoms with van der Waals surface area (Å²) in [6.07, 6.45) is 2.70. The summed E-state index contributed by atoms with van der Waals surface area (Å²) in [6, 6.07) is 0.920. The number of hydrogen-bond donors (Lipinski definition) is 3. The fraction of sp³-hybridized carbons (Fsp3) is 0.900. The van der Waals surface area contributed by atoms with Gasteiger partial charge in [0.15, 0.2) is 5.96 Å². The summed E-state index contributed by atoms with van der Waals surface area (Å²) >= 11 is 0. The zero-order valence-corrected chi connectivity index (χ0v) is 9.24. The maximum absolute atomic E-state index is 8.91. The molecule has 0 aromatic carbocycles. The predicted octanol–water partition coefficient (Wildman–Crippen LogP) is -1.01. The number of guanidine groups is 1. The fourth-order valence-electron chi connectivity index (χ4n) is 1.74. The Kier molecular flexibility index (Phi) is 3.43. The monoisotopic (exact) mass is 212 g/mol. The molecule has 0 unspecified atom stereocenters. The molecule has 1 aliphatic carbocycles. The molecule has 86 valence electrons. The first-order chi connectivity index (χ1) is 7.29. The lowest BCUT2D eigenvalue weighted by Gasteiger charge is -2.16. The molecule has 2 aliphatic rings. The topological polar surface area (TPSA) is 59.9 Å². The molecule has 1 fully saturated rings. The number of nitrogens with one attached hydrogen (secondary N) is 2. The highest BCUT2D eigenvalue weighted by Gasteiger charge is 2.25. The second-order valence-corrected chi connectivity index (χ2v) is 4.35. The van der Waals surface area contributed by atoms with E-state index in [-0.39, 0.29) is 12.6 Å². The quantitative estimate of drug-likeness (QED) is 0.546. The lowest BCUT2D eigenvalue weighted by Crippen LogP contribution is -2.43. The Morgan fingerprint density at radius 2 is 2.40 bits per heavy atom. The smallest absolute Gasteiger partial charge is 0.191 e. The third-order valence-electron chi connectivity index (χ3n) is 2.96. The molecule has 2 rings (SSSR count). The Bertz CT molecular complexity index is 240. The van der Waals surface area contributed by atoms with Crippen LogP contribution >= 0.6 is 0 Å². The summed E-state index contributed by atoms with van der Waals surface area (Å²) < 4.78 is 0. The maximum Gasteiger partial charge on any atom is 0.191 e. The second kappa shape index (κ2) is 4.81. The lowest BCUT2D eigenvalue weighted by molar-refractivity contribution is 0.263. The predicted molar refractivity (Wildman–Crippen MR) is 60.0 cm³/mol. The van der Waals surface area contributed by atoms with Gasteiger partial charge in [-0.25, -0.2) is 0 Å². The molecule has 0 aromatic rings. The summed E-state index contributed by atoms with van der Waals surface area (Å²) in [6.45, 7) is 2.79. The number of aliphatic imine (C=N–C) groups is 1. The number of nitrogens with zero attached hydrogens (tertiary/aromatic N) is 2. The number of aliphatic hydroxyl groups excluding tert-OH is 1. The van der Waals surface area contributed by atoms with Crippen LogP contribution in [0.3, 0.4) is 0 Å². The molecule has 0 aromatic heterocycles. The van der Waals surface area contributed by atoms with Crippen molar-refractivity contribution in [3.63, 3.8) is 0 Å². The summed E-state index contributed by atoms with van der Waals surface area (Å²) in [4.78, 5) is 6.64. The Morgan fingerprint density at radius 1 is 1.60 bits per heavy atom. The average molecular weight is 212 g/mol. The van der Waals surface area contributed by atoms with Gasteiger partial charge in [0.05, 0.1) is 19.2 Å². The van der Waals surface area contributed by atoms with Crippen LogP contribution in [0, 0.1) is 0 Å². The molecule has 5 heteroatoms.